The van der Waals surface area contributed by atoms with E-state index in [2.05, 4.69) is 12.1 Å². The summed E-state index contributed by atoms with van der Waals surface area (Å²) in [6.07, 6.45) is 0. The molecule has 2 heterocycles. The highest BCUT2D eigenvalue weighted by Gasteiger charge is 2.17. The number of ether oxygens (including phenoxy) is 1. The van der Waals surface area contributed by atoms with E-state index in [9.17, 15) is 0 Å². The zero-order chi connectivity index (χ0) is 16.8. The predicted molar refractivity (Wildman–Crippen MR) is 101 cm³/mol. The number of hydrogen-bond acceptors (Lipinski definition) is 3. The molecule has 0 N–H and O–H groups in total. The van der Waals surface area contributed by atoms with Crippen molar-refractivity contribution in [2.75, 3.05) is 7.11 Å². The third kappa shape index (κ3) is 2.09. The first-order valence-corrected chi connectivity index (χ1v) is 8.19. The molecule has 3 aromatic carbocycles. The van der Waals surface area contributed by atoms with Gasteiger partial charge in [-0.2, -0.15) is 0 Å². The number of pyridine rings is 1. The van der Waals surface area contributed by atoms with Crippen LogP contribution in [0.2, 0.25) is 0 Å². The first kappa shape index (κ1) is 14.1. The average Bonchev–Trinajstić information content (AvgIpc) is 3.07. The van der Waals surface area contributed by atoms with E-state index in [0.717, 1.165) is 49.8 Å². The summed E-state index contributed by atoms with van der Waals surface area (Å²) >= 11 is 0. The van der Waals surface area contributed by atoms with Gasteiger partial charge in [0.15, 0.2) is 0 Å². The van der Waals surface area contributed by atoms with Gasteiger partial charge in [-0.05, 0) is 42.5 Å². The standard InChI is InChI=1S/C22H15NO2/c1-24-15-12-10-14(11-13-15)21-20-17-7-3-5-9-19(17)25-22(20)16-6-2-4-8-18(16)23-21/h2-13H,1H3. The van der Waals surface area contributed by atoms with Gasteiger partial charge >= 0.3 is 0 Å². The molecule has 5 rings (SSSR count). The van der Waals surface area contributed by atoms with Crippen LogP contribution in [0.25, 0.3) is 44.1 Å². The lowest BCUT2D eigenvalue weighted by Crippen LogP contribution is -1.88. The van der Waals surface area contributed by atoms with Gasteiger partial charge in [0.1, 0.15) is 16.9 Å². The molecule has 0 radical (unpaired) electrons. The molecule has 2 aromatic heterocycles. The van der Waals surface area contributed by atoms with Crippen molar-refractivity contribution < 1.29 is 9.15 Å². The van der Waals surface area contributed by atoms with Gasteiger partial charge in [-0.1, -0.05) is 30.3 Å². The summed E-state index contributed by atoms with van der Waals surface area (Å²) in [5.74, 6) is 0.831. The summed E-state index contributed by atoms with van der Waals surface area (Å²) in [6.45, 7) is 0. The zero-order valence-corrected chi connectivity index (χ0v) is 13.7. The average molecular weight is 325 g/mol. The topological polar surface area (TPSA) is 35.3 Å². The van der Waals surface area contributed by atoms with Gasteiger partial charge in [0.2, 0.25) is 0 Å². The second-order valence-electron chi connectivity index (χ2n) is 6.01. The van der Waals surface area contributed by atoms with E-state index in [1.165, 1.54) is 0 Å². The van der Waals surface area contributed by atoms with E-state index in [1.807, 2.05) is 60.7 Å². The first-order chi connectivity index (χ1) is 12.3. The summed E-state index contributed by atoms with van der Waals surface area (Å²) in [7, 11) is 1.67. The van der Waals surface area contributed by atoms with Crippen LogP contribution in [0.3, 0.4) is 0 Å². The van der Waals surface area contributed by atoms with Gasteiger partial charge < -0.3 is 9.15 Å². The van der Waals surface area contributed by atoms with E-state index in [1.54, 1.807) is 7.11 Å². The Kier molecular flexibility index (Phi) is 3.01. The molecule has 25 heavy (non-hydrogen) atoms. The number of hydrogen-bond donors (Lipinski definition) is 0. The van der Waals surface area contributed by atoms with Crippen LogP contribution in [0.1, 0.15) is 0 Å². The molecule has 0 aliphatic carbocycles. The van der Waals surface area contributed by atoms with Gasteiger partial charge in [-0.3, -0.25) is 0 Å². The third-order valence-corrected chi connectivity index (χ3v) is 4.58. The van der Waals surface area contributed by atoms with E-state index in [-0.39, 0.29) is 0 Å². The van der Waals surface area contributed by atoms with E-state index >= 15 is 0 Å². The summed E-state index contributed by atoms with van der Waals surface area (Å²) in [6, 6.07) is 24.2. The van der Waals surface area contributed by atoms with Crippen LogP contribution in [0, 0.1) is 0 Å². The monoisotopic (exact) mass is 325 g/mol. The van der Waals surface area contributed by atoms with Crippen molar-refractivity contribution in [2.45, 2.75) is 0 Å². The molecule has 0 unspecified atom stereocenters. The maximum absolute atomic E-state index is 6.21. The number of aromatic nitrogens is 1. The van der Waals surface area contributed by atoms with Crippen molar-refractivity contribution in [2.24, 2.45) is 0 Å². The molecule has 0 amide bonds. The number of nitrogens with zero attached hydrogens (tertiary/aromatic N) is 1. The Balaban J connectivity index is 1.95. The van der Waals surface area contributed by atoms with Gasteiger partial charge in [-0.25, -0.2) is 4.98 Å². The molecule has 0 aliphatic heterocycles. The Morgan fingerprint density at radius 1 is 0.800 bits per heavy atom. The van der Waals surface area contributed by atoms with Crippen molar-refractivity contribution in [3.63, 3.8) is 0 Å². The summed E-state index contributed by atoms with van der Waals surface area (Å²) in [5.41, 5.74) is 4.67. The second kappa shape index (κ2) is 5.35. The minimum absolute atomic E-state index is 0.831. The van der Waals surface area contributed by atoms with Crippen LogP contribution < -0.4 is 4.74 Å². The number of rotatable bonds is 2. The fourth-order valence-corrected chi connectivity index (χ4v) is 3.37. The zero-order valence-electron chi connectivity index (χ0n) is 13.7. The fourth-order valence-electron chi connectivity index (χ4n) is 3.37. The highest BCUT2D eigenvalue weighted by Crippen LogP contribution is 2.39. The second-order valence-corrected chi connectivity index (χ2v) is 6.01. The van der Waals surface area contributed by atoms with Gasteiger partial charge in [-0.15, -0.1) is 0 Å². The molecule has 0 atom stereocenters. The highest BCUT2D eigenvalue weighted by atomic mass is 16.5. The van der Waals surface area contributed by atoms with Crippen molar-refractivity contribution in [3.05, 3.63) is 72.8 Å². The molecule has 3 heteroatoms. The maximum Gasteiger partial charge on any atom is 0.147 e. The molecule has 0 aliphatic rings. The molecular weight excluding hydrogens is 310 g/mol. The largest absolute Gasteiger partial charge is 0.497 e. The van der Waals surface area contributed by atoms with Crippen LogP contribution >= 0.6 is 0 Å². The minimum atomic E-state index is 0.831. The first-order valence-electron chi connectivity index (χ1n) is 8.19. The highest BCUT2D eigenvalue weighted by molar-refractivity contribution is 6.19. The molecular formula is C22H15NO2. The van der Waals surface area contributed by atoms with Crippen molar-refractivity contribution in [1.82, 2.24) is 4.98 Å². The van der Waals surface area contributed by atoms with Crippen LogP contribution in [0.5, 0.6) is 5.75 Å². The van der Waals surface area contributed by atoms with Crippen LogP contribution in [0.15, 0.2) is 77.2 Å². The lowest BCUT2D eigenvalue weighted by molar-refractivity contribution is 0.415. The molecule has 0 spiro atoms. The Morgan fingerprint density at radius 2 is 1.52 bits per heavy atom. The molecule has 3 nitrogen and oxygen atoms in total. The smallest absolute Gasteiger partial charge is 0.147 e. The minimum Gasteiger partial charge on any atom is -0.497 e. The molecule has 0 saturated carbocycles. The predicted octanol–water partition coefficient (Wildman–Crippen LogP) is 5.81. The Labute approximate surface area is 144 Å². The quantitative estimate of drug-likeness (QED) is 0.411. The number of para-hydroxylation sites is 2. The Morgan fingerprint density at radius 3 is 2.32 bits per heavy atom. The van der Waals surface area contributed by atoms with Crippen LogP contribution in [-0.4, -0.2) is 12.1 Å². The fraction of sp³-hybridized carbons (Fsp3) is 0.0455. The molecule has 0 fully saturated rings. The SMILES string of the molecule is COc1ccc(-c2nc3ccccc3c3oc4ccccc4c23)cc1. The number of methoxy groups -OCH3 is 1. The molecule has 0 saturated heterocycles. The van der Waals surface area contributed by atoms with Crippen molar-refractivity contribution in [3.8, 4) is 17.0 Å². The Hall–Kier alpha value is -3.33. The number of furan rings is 1. The van der Waals surface area contributed by atoms with Gasteiger partial charge in [0, 0.05) is 16.3 Å². The van der Waals surface area contributed by atoms with Crippen molar-refractivity contribution in [1.29, 1.82) is 0 Å². The lowest BCUT2D eigenvalue weighted by Gasteiger charge is -2.07. The van der Waals surface area contributed by atoms with Crippen LogP contribution in [0.4, 0.5) is 0 Å². The van der Waals surface area contributed by atoms with E-state index in [4.69, 9.17) is 14.1 Å². The van der Waals surface area contributed by atoms with E-state index in [0.29, 0.717) is 0 Å². The Bertz CT molecular complexity index is 1220. The van der Waals surface area contributed by atoms with E-state index < -0.39 is 0 Å². The number of fused-ring (bicyclic) bond motifs is 5. The molecule has 5 aromatic rings. The normalized spacial score (nSPS) is 11.4. The molecule has 120 valence electrons. The number of benzene rings is 3. The molecule has 0 bridgehead atoms. The summed E-state index contributed by atoms with van der Waals surface area (Å²) < 4.78 is 11.5. The third-order valence-electron chi connectivity index (χ3n) is 4.58. The van der Waals surface area contributed by atoms with Gasteiger partial charge in [0.05, 0.1) is 23.7 Å². The van der Waals surface area contributed by atoms with Crippen LogP contribution in [-0.2, 0) is 0 Å². The van der Waals surface area contributed by atoms with Gasteiger partial charge in [0.25, 0.3) is 0 Å². The summed E-state index contributed by atoms with van der Waals surface area (Å²) in [5, 5.41) is 3.17. The lowest BCUT2D eigenvalue weighted by atomic mass is 10.0. The maximum atomic E-state index is 6.21. The summed E-state index contributed by atoms with van der Waals surface area (Å²) in [4.78, 5) is 4.95. The van der Waals surface area contributed by atoms with Crippen molar-refractivity contribution >= 4 is 32.8 Å².